The predicted octanol–water partition coefficient (Wildman–Crippen LogP) is 0.493. The zero-order valence-corrected chi connectivity index (χ0v) is 12.7. The van der Waals surface area contributed by atoms with E-state index in [0.717, 1.165) is 6.54 Å². The van der Waals surface area contributed by atoms with Gasteiger partial charge in [0.2, 0.25) is 10.0 Å². The summed E-state index contributed by atoms with van der Waals surface area (Å²) in [4.78, 5) is 2.27. The number of sulfonamides is 1. The van der Waals surface area contributed by atoms with Gasteiger partial charge in [-0.05, 0) is 32.3 Å². The first-order chi connectivity index (χ1) is 8.75. The number of hydrogen-bond acceptors (Lipinski definition) is 5. The average molecular weight is 286 g/mol. The topological polar surface area (TPSA) is 78.7 Å². The highest BCUT2D eigenvalue weighted by molar-refractivity contribution is 7.89. The number of benzene rings is 1. The maximum absolute atomic E-state index is 12.0. The average Bonchev–Trinajstić information content (AvgIpc) is 2.30. The van der Waals surface area contributed by atoms with Crippen LogP contribution < -0.4 is 11.1 Å². The second-order valence-electron chi connectivity index (χ2n) is 4.77. The lowest BCUT2D eigenvalue weighted by molar-refractivity contribution is 0.425. The molecule has 1 rings (SSSR count). The van der Waals surface area contributed by atoms with Crippen LogP contribution in [0.3, 0.4) is 0 Å². The third kappa shape index (κ3) is 4.09. The molecular formula is C12H22N4O2S. The van der Waals surface area contributed by atoms with E-state index in [4.69, 9.17) is 5.73 Å². The van der Waals surface area contributed by atoms with Crippen LogP contribution in [0.4, 0.5) is 11.4 Å². The van der Waals surface area contributed by atoms with Crippen molar-refractivity contribution in [1.29, 1.82) is 0 Å². The zero-order chi connectivity index (χ0) is 14.6. The lowest BCUT2D eigenvalue weighted by atomic mass is 10.2. The molecule has 0 aliphatic heterocycles. The van der Waals surface area contributed by atoms with E-state index in [1.807, 2.05) is 19.0 Å². The molecule has 0 heterocycles. The summed E-state index contributed by atoms with van der Waals surface area (Å²) >= 11 is 0. The van der Waals surface area contributed by atoms with Gasteiger partial charge in [-0.1, -0.05) is 0 Å². The van der Waals surface area contributed by atoms with Crippen LogP contribution in [0.1, 0.15) is 0 Å². The second-order valence-corrected chi connectivity index (χ2v) is 6.92. The molecule has 3 N–H and O–H groups in total. The van der Waals surface area contributed by atoms with Gasteiger partial charge in [0.15, 0.2) is 0 Å². The monoisotopic (exact) mass is 286 g/mol. The summed E-state index contributed by atoms with van der Waals surface area (Å²) in [6.07, 6.45) is 0. The fourth-order valence-corrected chi connectivity index (χ4v) is 2.40. The summed E-state index contributed by atoms with van der Waals surface area (Å²) in [5.41, 5.74) is 7.02. The fraction of sp³-hybridized carbons (Fsp3) is 0.500. The highest BCUT2D eigenvalue weighted by Gasteiger charge is 2.18. The van der Waals surface area contributed by atoms with Gasteiger partial charge in [-0.3, -0.25) is 0 Å². The van der Waals surface area contributed by atoms with Gasteiger partial charge in [0.25, 0.3) is 0 Å². The van der Waals surface area contributed by atoms with E-state index in [0.29, 0.717) is 17.9 Å². The van der Waals surface area contributed by atoms with Gasteiger partial charge < -0.3 is 16.0 Å². The predicted molar refractivity (Wildman–Crippen MR) is 78.8 cm³/mol. The molecule has 0 amide bonds. The van der Waals surface area contributed by atoms with Gasteiger partial charge >= 0.3 is 0 Å². The maximum Gasteiger partial charge on any atom is 0.242 e. The Labute approximate surface area is 115 Å². The van der Waals surface area contributed by atoms with Crippen molar-refractivity contribution in [3.8, 4) is 0 Å². The molecule has 1 aromatic rings. The lowest BCUT2D eigenvalue weighted by Gasteiger charge is -2.16. The maximum atomic E-state index is 12.0. The smallest absolute Gasteiger partial charge is 0.242 e. The number of likely N-dealkylation sites (N-methyl/N-ethyl adjacent to an activating group) is 1. The van der Waals surface area contributed by atoms with Crippen LogP contribution >= 0.6 is 0 Å². The quantitative estimate of drug-likeness (QED) is 0.744. The molecule has 0 aliphatic rings. The number of nitrogens with one attached hydrogen (secondary N) is 1. The Morgan fingerprint density at radius 3 is 2.37 bits per heavy atom. The molecule has 0 saturated heterocycles. The third-order valence-corrected chi connectivity index (χ3v) is 4.49. The Balaban J connectivity index is 2.95. The lowest BCUT2D eigenvalue weighted by Crippen LogP contribution is -2.23. The van der Waals surface area contributed by atoms with Gasteiger partial charge in [0.1, 0.15) is 0 Å². The number of nitrogens with two attached hydrogens (primary N) is 1. The number of rotatable bonds is 6. The third-order valence-electron chi connectivity index (χ3n) is 2.68. The van der Waals surface area contributed by atoms with Crippen molar-refractivity contribution >= 4 is 21.4 Å². The van der Waals surface area contributed by atoms with Crippen LogP contribution in [-0.4, -0.2) is 58.9 Å². The summed E-state index contributed by atoms with van der Waals surface area (Å²) in [5, 5.41) is 3.15. The molecule has 7 heteroatoms. The van der Waals surface area contributed by atoms with Gasteiger partial charge in [-0.15, -0.1) is 0 Å². The molecule has 0 fully saturated rings. The minimum Gasteiger partial charge on any atom is -0.397 e. The van der Waals surface area contributed by atoms with E-state index < -0.39 is 10.0 Å². The van der Waals surface area contributed by atoms with Crippen molar-refractivity contribution < 1.29 is 8.42 Å². The van der Waals surface area contributed by atoms with Crippen LogP contribution in [0.25, 0.3) is 0 Å². The summed E-state index contributed by atoms with van der Waals surface area (Å²) in [5.74, 6) is 0. The van der Waals surface area contributed by atoms with Crippen LogP contribution in [0.2, 0.25) is 0 Å². The molecule has 0 saturated carbocycles. The first-order valence-corrected chi connectivity index (χ1v) is 7.40. The molecule has 0 aliphatic carbocycles. The zero-order valence-electron chi connectivity index (χ0n) is 11.8. The number of nitrogens with zero attached hydrogens (tertiary/aromatic N) is 2. The summed E-state index contributed by atoms with van der Waals surface area (Å²) in [6.45, 7) is 1.53. The van der Waals surface area contributed by atoms with Crippen molar-refractivity contribution in [2.45, 2.75) is 4.90 Å². The highest BCUT2D eigenvalue weighted by Crippen LogP contribution is 2.23. The number of nitrogen functional groups attached to an aromatic ring is 1. The molecule has 108 valence electrons. The van der Waals surface area contributed by atoms with Gasteiger partial charge in [-0.2, -0.15) is 0 Å². The van der Waals surface area contributed by atoms with Gasteiger partial charge in [-0.25, -0.2) is 12.7 Å². The Hall–Kier alpha value is -1.31. The molecule has 19 heavy (non-hydrogen) atoms. The Bertz CT molecular complexity index is 527. The van der Waals surface area contributed by atoms with Crippen LogP contribution in [0.5, 0.6) is 0 Å². The standard InChI is InChI=1S/C12H22N4O2S/c1-15(2)8-7-14-12-9-10(5-6-11(12)13)19(17,18)16(3)4/h5-6,9,14H,7-8,13H2,1-4H3. The normalized spacial score (nSPS) is 12.1. The van der Waals surface area contributed by atoms with E-state index in [-0.39, 0.29) is 4.90 Å². The van der Waals surface area contributed by atoms with Crippen molar-refractivity contribution in [3.63, 3.8) is 0 Å². The van der Waals surface area contributed by atoms with E-state index in [2.05, 4.69) is 5.32 Å². The van der Waals surface area contributed by atoms with E-state index in [9.17, 15) is 8.42 Å². The number of anilines is 2. The summed E-state index contributed by atoms with van der Waals surface area (Å²) in [6, 6.07) is 4.69. The Kier molecular flexibility index (Phi) is 5.16. The van der Waals surface area contributed by atoms with Crippen LogP contribution in [-0.2, 0) is 10.0 Å². The highest BCUT2D eigenvalue weighted by atomic mass is 32.2. The Morgan fingerprint density at radius 1 is 1.21 bits per heavy atom. The molecule has 0 unspecified atom stereocenters. The van der Waals surface area contributed by atoms with Gasteiger partial charge in [0.05, 0.1) is 16.3 Å². The molecular weight excluding hydrogens is 264 g/mol. The fourth-order valence-electron chi connectivity index (χ4n) is 1.47. The molecule has 0 bridgehead atoms. The largest absolute Gasteiger partial charge is 0.397 e. The first-order valence-electron chi connectivity index (χ1n) is 5.96. The summed E-state index contributed by atoms with van der Waals surface area (Å²) in [7, 11) is 3.52. The Morgan fingerprint density at radius 2 is 1.84 bits per heavy atom. The second kappa shape index (κ2) is 6.23. The summed E-state index contributed by atoms with van der Waals surface area (Å²) < 4.78 is 25.2. The molecule has 0 atom stereocenters. The van der Waals surface area contributed by atoms with Crippen molar-refractivity contribution in [3.05, 3.63) is 18.2 Å². The molecule has 6 nitrogen and oxygen atoms in total. The SMILES string of the molecule is CN(C)CCNc1cc(S(=O)(=O)N(C)C)ccc1N. The minimum absolute atomic E-state index is 0.235. The molecule has 0 spiro atoms. The van der Waals surface area contributed by atoms with Crippen molar-refractivity contribution in [2.24, 2.45) is 0 Å². The molecule has 0 aromatic heterocycles. The van der Waals surface area contributed by atoms with Crippen molar-refractivity contribution in [1.82, 2.24) is 9.21 Å². The molecule has 1 aromatic carbocycles. The van der Waals surface area contributed by atoms with E-state index in [1.165, 1.54) is 24.5 Å². The minimum atomic E-state index is -3.43. The van der Waals surface area contributed by atoms with Gasteiger partial charge in [0, 0.05) is 27.2 Å². The van der Waals surface area contributed by atoms with E-state index in [1.54, 1.807) is 12.1 Å². The number of hydrogen-bond donors (Lipinski definition) is 2. The van der Waals surface area contributed by atoms with Crippen LogP contribution in [0.15, 0.2) is 23.1 Å². The van der Waals surface area contributed by atoms with Crippen LogP contribution in [0, 0.1) is 0 Å². The molecule has 0 radical (unpaired) electrons. The van der Waals surface area contributed by atoms with E-state index >= 15 is 0 Å². The van der Waals surface area contributed by atoms with Crippen molar-refractivity contribution in [2.75, 3.05) is 52.3 Å². The first kappa shape index (κ1) is 15.7.